The average Bonchev–Trinajstić information content (AvgIpc) is 3.21. The van der Waals surface area contributed by atoms with Crippen molar-refractivity contribution in [2.24, 2.45) is 0 Å². The fraction of sp³-hybridized carbons (Fsp3) is 0.667. The van der Waals surface area contributed by atoms with E-state index in [0.29, 0.717) is 17.2 Å². The van der Waals surface area contributed by atoms with Gasteiger partial charge in [0.2, 0.25) is 5.88 Å². The van der Waals surface area contributed by atoms with Crippen LogP contribution in [-0.2, 0) is 0 Å². The summed E-state index contributed by atoms with van der Waals surface area (Å²) in [5.74, 6) is -3.13. The Kier molecular flexibility index (Phi) is 4.01. The summed E-state index contributed by atoms with van der Waals surface area (Å²) in [4.78, 5) is 8.31. The Balaban J connectivity index is 2.20. The minimum Gasteiger partial charge on any atom is -0.471 e. The van der Waals surface area contributed by atoms with Crippen LogP contribution < -0.4 is 10.1 Å². The lowest BCUT2D eigenvalue weighted by molar-refractivity contribution is -0.148. The fourth-order valence-corrected chi connectivity index (χ4v) is 1.65. The van der Waals surface area contributed by atoms with Crippen LogP contribution in [0.15, 0.2) is 0 Å². The molecule has 1 aromatic rings. The summed E-state index contributed by atoms with van der Waals surface area (Å²) in [6, 6.07) is 0. The Hall–Kier alpha value is -1.60. The van der Waals surface area contributed by atoms with Gasteiger partial charge in [-0.15, -0.1) is 0 Å². The van der Waals surface area contributed by atoms with Crippen molar-refractivity contribution in [1.82, 2.24) is 9.97 Å². The van der Waals surface area contributed by atoms with Crippen molar-refractivity contribution in [3.63, 3.8) is 0 Å². The van der Waals surface area contributed by atoms with Crippen LogP contribution in [0.2, 0.25) is 0 Å². The molecule has 1 fully saturated rings. The Bertz CT molecular complexity index is 492. The van der Waals surface area contributed by atoms with E-state index in [1.54, 1.807) is 14.0 Å². The van der Waals surface area contributed by atoms with E-state index < -0.39 is 19.0 Å². The first-order valence-electron chi connectivity index (χ1n) is 6.20. The highest BCUT2D eigenvalue weighted by molar-refractivity contribution is 5.48. The van der Waals surface area contributed by atoms with E-state index in [2.05, 4.69) is 15.3 Å². The minimum atomic E-state index is -4.20. The second kappa shape index (κ2) is 5.41. The number of aromatic nitrogens is 2. The fourth-order valence-electron chi connectivity index (χ4n) is 1.65. The van der Waals surface area contributed by atoms with E-state index in [-0.39, 0.29) is 11.8 Å². The highest BCUT2D eigenvalue weighted by atomic mass is 19.3. The SMILES string of the molecule is CNc1nc(C2CC2)nc(OCC(F)(F)C(F)F)c1C. The molecule has 0 spiro atoms. The molecule has 8 heteroatoms. The second-order valence-electron chi connectivity index (χ2n) is 4.74. The third-order valence-electron chi connectivity index (χ3n) is 3.02. The van der Waals surface area contributed by atoms with Gasteiger partial charge in [0, 0.05) is 13.0 Å². The maximum atomic E-state index is 12.9. The van der Waals surface area contributed by atoms with E-state index in [0.717, 1.165) is 12.8 Å². The summed E-state index contributed by atoms with van der Waals surface area (Å²) in [5, 5.41) is 2.81. The van der Waals surface area contributed by atoms with Crippen LogP contribution in [0.3, 0.4) is 0 Å². The Morgan fingerprint density at radius 2 is 2.00 bits per heavy atom. The maximum absolute atomic E-state index is 12.9. The molecule has 0 aliphatic heterocycles. The summed E-state index contributed by atoms with van der Waals surface area (Å²) < 4.78 is 54.8. The normalized spacial score (nSPS) is 15.6. The molecule has 0 amide bonds. The number of hydrogen-bond acceptors (Lipinski definition) is 4. The number of halogens is 4. The molecular formula is C12H15F4N3O. The lowest BCUT2D eigenvalue weighted by Gasteiger charge is -2.17. The Morgan fingerprint density at radius 1 is 1.35 bits per heavy atom. The summed E-state index contributed by atoms with van der Waals surface area (Å²) >= 11 is 0. The molecule has 0 atom stereocenters. The van der Waals surface area contributed by atoms with Gasteiger partial charge in [-0.2, -0.15) is 13.8 Å². The molecule has 0 radical (unpaired) electrons. The van der Waals surface area contributed by atoms with Crippen molar-refractivity contribution in [2.45, 2.75) is 38.0 Å². The molecule has 1 aliphatic rings. The molecule has 0 unspecified atom stereocenters. The topological polar surface area (TPSA) is 47.0 Å². The third-order valence-corrected chi connectivity index (χ3v) is 3.02. The predicted octanol–water partition coefficient (Wildman–Crippen LogP) is 2.98. The van der Waals surface area contributed by atoms with Crippen LogP contribution in [-0.4, -0.2) is 36.0 Å². The molecular weight excluding hydrogens is 278 g/mol. The molecule has 0 bridgehead atoms. The van der Waals surface area contributed by atoms with Crippen molar-refractivity contribution < 1.29 is 22.3 Å². The first-order chi connectivity index (χ1) is 9.35. The van der Waals surface area contributed by atoms with E-state index in [1.807, 2.05) is 0 Å². The molecule has 0 saturated heterocycles. The van der Waals surface area contributed by atoms with Gasteiger partial charge in [-0.1, -0.05) is 0 Å². The molecule has 2 rings (SSSR count). The van der Waals surface area contributed by atoms with Gasteiger partial charge in [0.25, 0.3) is 0 Å². The molecule has 1 saturated carbocycles. The zero-order chi connectivity index (χ0) is 14.9. The first kappa shape index (κ1) is 14.8. The molecule has 4 nitrogen and oxygen atoms in total. The highest BCUT2D eigenvalue weighted by Gasteiger charge is 2.42. The van der Waals surface area contributed by atoms with E-state index in [9.17, 15) is 17.6 Å². The van der Waals surface area contributed by atoms with E-state index >= 15 is 0 Å². The van der Waals surface area contributed by atoms with Gasteiger partial charge in [-0.3, -0.25) is 0 Å². The standard InChI is InChI=1S/C12H15F4N3O/c1-6-8(17-2)18-9(7-3-4-7)19-10(6)20-5-12(15,16)11(13)14/h7,11H,3-5H2,1-2H3,(H,17,18,19). The van der Waals surface area contributed by atoms with Crippen LogP contribution in [0.1, 0.15) is 30.1 Å². The smallest absolute Gasteiger partial charge is 0.340 e. The maximum Gasteiger partial charge on any atom is 0.340 e. The number of hydrogen-bond donors (Lipinski definition) is 1. The lowest BCUT2D eigenvalue weighted by atomic mass is 10.3. The number of alkyl halides is 4. The molecule has 1 heterocycles. The van der Waals surface area contributed by atoms with Crippen LogP contribution in [0.4, 0.5) is 23.4 Å². The number of rotatable bonds is 6. The average molecular weight is 293 g/mol. The molecule has 1 aliphatic carbocycles. The van der Waals surface area contributed by atoms with Crippen LogP contribution in [0.25, 0.3) is 0 Å². The summed E-state index contributed by atoms with van der Waals surface area (Å²) in [7, 11) is 1.63. The van der Waals surface area contributed by atoms with Gasteiger partial charge in [0.1, 0.15) is 11.6 Å². The van der Waals surface area contributed by atoms with Gasteiger partial charge in [0.15, 0.2) is 6.61 Å². The predicted molar refractivity (Wildman–Crippen MR) is 64.7 cm³/mol. The van der Waals surface area contributed by atoms with Crippen molar-refractivity contribution in [3.05, 3.63) is 11.4 Å². The van der Waals surface area contributed by atoms with E-state index in [4.69, 9.17) is 4.74 Å². The Morgan fingerprint density at radius 3 is 2.50 bits per heavy atom. The largest absolute Gasteiger partial charge is 0.471 e. The van der Waals surface area contributed by atoms with Gasteiger partial charge in [-0.25, -0.2) is 13.8 Å². The monoisotopic (exact) mass is 293 g/mol. The van der Waals surface area contributed by atoms with Crippen LogP contribution >= 0.6 is 0 Å². The van der Waals surface area contributed by atoms with E-state index in [1.165, 1.54) is 0 Å². The van der Waals surface area contributed by atoms with Crippen molar-refractivity contribution in [2.75, 3.05) is 19.0 Å². The minimum absolute atomic E-state index is 0.0772. The van der Waals surface area contributed by atoms with Crippen LogP contribution in [0, 0.1) is 6.92 Å². The van der Waals surface area contributed by atoms with Gasteiger partial charge >= 0.3 is 12.3 Å². The number of nitrogens with zero attached hydrogens (tertiary/aromatic N) is 2. The summed E-state index contributed by atoms with van der Waals surface area (Å²) in [5.41, 5.74) is 0.418. The Labute approximate surface area is 113 Å². The summed E-state index contributed by atoms with van der Waals surface area (Å²) in [6.45, 7) is 0.175. The molecule has 1 N–H and O–H groups in total. The quantitative estimate of drug-likeness (QED) is 0.819. The van der Waals surface area contributed by atoms with Crippen molar-refractivity contribution in [1.29, 1.82) is 0 Å². The number of anilines is 1. The number of nitrogens with one attached hydrogen (secondary N) is 1. The van der Waals surface area contributed by atoms with Crippen LogP contribution in [0.5, 0.6) is 5.88 Å². The highest BCUT2D eigenvalue weighted by Crippen LogP contribution is 2.40. The van der Waals surface area contributed by atoms with Crippen molar-refractivity contribution in [3.8, 4) is 5.88 Å². The lowest BCUT2D eigenvalue weighted by Crippen LogP contribution is -2.34. The molecule has 20 heavy (non-hydrogen) atoms. The van der Waals surface area contributed by atoms with Crippen molar-refractivity contribution >= 4 is 5.82 Å². The second-order valence-corrected chi connectivity index (χ2v) is 4.74. The van der Waals surface area contributed by atoms with Gasteiger partial charge < -0.3 is 10.1 Å². The molecule has 1 aromatic heterocycles. The zero-order valence-corrected chi connectivity index (χ0v) is 11.1. The first-order valence-corrected chi connectivity index (χ1v) is 6.20. The molecule has 0 aromatic carbocycles. The third kappa shape index (κ3) is 3.10. The number of ether oxygens (including phenoxy) is 1. The molecule has 112 valence electrons. The summed E-state index contributed by atoms with van der Waals surface area (Å²) in [6.07, 6.45) is -1.91. The van der Waals surface area contributed by atoms with Gasteiger partial charge in [-0.05, 0) is 19.8 Å². The zero-order valence-electron chi connectivity index (χ0n) is 11.1. The van der Waals surface area contributed by atoms with Gasteiger partial charge in [0.05, 0.1) is 5.56 Å².